The Morgan fingerprint density at radius 2 is 1.89 bits per heavy atom. The average molecular weight is 272 g/mol. The summed E-state index contributed by atoms with van der Waals surface area (Å²) in [5, 5.41) is 13.1. The minimum Gasteiger partial charge on any atom is -0.387 e. The van der Waals surface area contributed by atoms with Crippen molar-refractivity contribution in [2.45, 2.75) is 32.5 Å². The van der Waals surface area contributed by atoms with Crippen LogP contribution in [0.15, 0.2) is 24.3 Å². The zero-order valence-electron chi connectivity index (χ0n) is 10.6. The van der Waals surface area contributed by atoms with E-state index in [1.165, 1.54) is 0 Å². The Kier molecular flexibility index (Phi) is 6.45. The maximum atomic E-state index is 10.4. The summed E-state index contributed by atoms with van der Waals surface area (Å²) < 4.78 is 21.4. The van der Waals surface area contributed by atoms with Crippen molar-refractivity contribution in [3.63, 3.8) is 0 Å². The van der Waals surface area contributed by atoms with E-state index in [1.54, 1.807) is 0 Å². The summed E-state index contributed by atoms with van der Waals surface area (Å²) in [4.78, 5) is 0. The fraction of sp³-hybridized carbons (Fsp3) is 0.500. The molecule has 2 atom stereocenters. The fourth-order valence-corrected chi connectivity index (χ4v) is 1.76. The second kappa shape index (κ2) is 7.60. The summed E-state index contributed by atoms with van der Waals surface area (Å²) >= 11 is -2.00. The maximum absolute atomic E-state index is 10.4. The van der Waals surface area contributed by atoms with E-state index < -0.39 is 17.4 Å². The van der Waals surface area contributed by atoms with Crippen LogP contribution in [0, 0.1) is 0 Å². The first-order valence-electron chi connectivity index (χ1n) is 5.83. The second-order valence-electron chi connectivity index (χ2n) is 4.39. The molecule has 5 nitrogen and oxygen atoms in total. The van der Waals surface area contributed by atoms with E-state index in [4.69, 9.17) is 4.55 Å². The first-order valence-corrected chi connectivity index (χ1v) is 6.94. The predicted molar refractivity (Wildman–Crippen MR) is 72.2 cm³/mol. The van der Waals surface area contributed by atoms with Gasteiger partial charge in [-0.25, -0.2) is 8.93 Å². The summed E-state index contributed by atoms with van der Waals surface area (Å²) in [7, 11) is 0. The zero-order chi connectivity index (χ0) is 13.5. The smallest absolute Gasteiger partial charge is 0.232 e. The van der Waals surface area contributed by atoms with Gasteiger partial charge in [0.05, 0.1) is 6.10 Å². The fourth-order valence-electron chi connectivity index (χ4n) is 1.47. The Labute approximate surface area is 110 Å². The molecule has 0 bridgehead atoms. The van der Waals surface area contributed by atoms with Crippen LogP contribution in [0.3, 0.4) is 0 Å². The van der Waals surface area contributed by atoms with Gasteiger partial charge in [0.25, 0.3) is 0 Å². The lowest BCUT2D eigenvalue weighted by Gasteiger charge is -2.14. The predicted octanol–water partition coefficient (Wildman–Crippen LogP) is 0.944. The summed E-state index contributed by atoms with van der Waals surface area (Å²) in [5.74, 6) is 0. The molecule has 18 heavy (non-hydrogen) atoms. The molecule has 0 saturated carbocycles. The lowest BCUT2D eigenvalue weighted by atomic mass is 10.1. The number of hydrogen-bond acceptors (Lipinski definition) is 3. The molecule has 0 spiro atoms. The highest BCUT2D eigenvalue weighted by atomic mass is 32.2. The molecule has 0 fully saturated rings. The molecule has 0 radical (unpaired) electrons. The molecule has 2 unspecified atom stereocenters. The molecule has 0 aromatic heterocycles. The van der Waals surface area contributed by atoms with Gasteiger partial charge in [0.15, 0.2) is 0 Å². The number of aliphatic hydroxyl groups is 1. The van der Waals surface area contributed by atoms with Crippen LogP contribution in [0.1, 0.15) is 31.1 Å². The Morgan fingerprint density at radius 3 is 2.39 bits per heavy atom. The summed E-state index contributed by atoms with van der Waals surface area (Å²) in [6.45, 7) is 4.88. The number of rotatable bonds is 7. The third-order valence-electron chi connectivity index (χ3n) is 2.48. The van der Waals surface area contributed by atoms with Crippen LogP contribution >= 0.6 is 0 Å². The Morgan fingerprint density at radius 1 is 1.28 bits per heavy atom. The molecule has 0 amide bonds. The SMILES string of the molecule is CC(C)NCC(O)c1ccc(CNS(=O)O)cc1. The minimum absolute atomic E-state index is 0.323. The highest BCUT2D eigenvalue weighted by Crippen LogP contribution is 2.13. The van der Waals surface area contributed by atoms with Crippen molar-refractivity contribution in [1.82, 2.24) is 10.0 Å². The van der Waals surface area contributed by atoms with Crippen molar-refractivity contribution >= 4 is 11.3 Å². The zero-order valence-corrected chi connectivity index (χ0v) is 11.4. The van der Waals surface area contributed by atoms with E-state index in [-0.39, 0.29) is 0 Å². The first kappa shape index (κ1) is 15.3. The Balaban J connectivity index is 2.51. The van der Waals surface area contributed by atoms with Crippen LogP contribution in [0.2, 0.25) is 0 Å². The van der Waals surface area contributed by atoms with Crippen molar-refractivity contribution in [2.75, 3.05) is 6.54 Å². The summed E-state index contributed by atoms with van der Waals surface area (Å²) in [6.07, 6.45) is -0.540. The van der Waals surface area contributed by atoms with E-state index in [9.17, 15) is 9.32 Å². The molecule has 1 aromatic carbocycles. The van der Waals surface area contributed by atoms with Gasteiger partial charge in [0.1, 0.15) is 0 Å². The van der Waals surface area contributed by atoms with Crippen LogP contribution < -0.4 is 10.0 Å². The number of hydrogen-bond donors (Lipinski definition) is 4. The van der Waals surface area contributed by atoms with Crippen molar-refractivity contribution in [3.8, 4) is 0 Å². The summed E-state index contributed by atoms with van der Waals surface area (Å²) in [5.41, 5.74) is 1.72. The highest BCUT2D eigenvalue weighted by molar-refractivity contribution is 7.77. The molecule has 0 aliphatic rings. The van der Waals surface area contributed by atoms with Gasteiger partial charge < -0.3 is 10.4 Å². The van der Waals surface area contributed by atoms with E-state index >= 15 is 0 Å². The van der Waals surface area contributed by atoms with Crippen molar-refractivity contribution in [3.05, 3.63) is 35.4 Å². The molecule has 102 valence electrons. The third-order valence-corrected chi connectivity index (χ3v) is 2.87. The van der Waals surface area contributed by atoms with Crippen LogP contribution in [0.25, 0.3) is 0 Å². The summed E-state index contributed by atoms with van der Waals surface area (Å²) in [6, 6.07) is 7.64. The number of nitrogens with one attached hydrogen (secondary N) is 2. The molecule has 6 heteroatoms. The maximum Gasteiger partial charge on any atom is 0.232 e. The molecule has 4 N–H and O–H groups in total. The number of aliphatic hydroxyl groups excluding tert-OH is 1. The monoisotopic (exact) mass is 272 g/mol. The van der Waals surface area contributed by atoms with Gasteiger partial charge in [0, 0.05) is 19.1 Å². The highest BCUT2D eigenvalue weighted by Gasteiger charge is 2.07. The number of benzene rings is 1. The van der Waals surface area contributed by atoms with Crippen molar-refractivity contribution in [2.24, 2.45) is 0 Å². The average Bonchev–Trinajstić information content (AvgIpc) is 2.34. The van der Waals surface area contributed by atoms with Gasteiger partial charge in [-0.3, -0.25) is 4.55 Å². The van der Waals surface area contributed by atoms with Gasteiger partial charge in [-0.1, -0.05) is 38.1 Å². The molecular weight excluding hydrogens is 252 g/mol. The van der Waals surface area contributed by atoms with Crippen LogP contribution in [0.4, 0.5) is 0 Å². The Bertz CT molecular complexity index is 381. The standard InChI is InChI=1S/C12H20N2O3S/c1-9(2)13-8-12(15)11-5-3-10(4-6-11)7-14-18(16)17/h3-6,9,12-15H,7-8H2,1-2H3,(H,16,17). The molecule has 0 heterocycles. The van der Waals surface area contributed by atoms with Crippen molar-refractivity contribution < 1.29 is 13.9 Å². The molecule has 1 rings (SSSR count). The first-order chi connectivity index (χ1) is 8.49. The van der Waals surface area contributed by atoms with Crippen LogP contribution in [-0.4, -0.2) is 26.5 Å². The van der Waals surface area contributed by atoms with Gasteiger partial charge in [0.2, 0.25) is 11.3 Å². The molecule has 0 saturated heterocycles. The second-order valence-corrected chi connectivity index (χ2v) is 5.18. The Hall–Kier alpha value is -0.790. The van der Waals surface area contributed by atoms with Gasteiger partial charge >= 0.3 is 0 Å². The van der Waals surface area contributed by atoms with Gasteiger partial charge in [-0.15, -0.1) is 0 Å². The van der Waals surface area contributed by atoms with E-state index in [1.807, 2.05) is 38.1 Å². The molecular formula is C12H20N2O3S. The molecule has 0 aliphatic carbocycles. The van der Waals surface area contributed by atoms with Gasteiger partial charge in [-0.05, 0) is 11.1 Å². The normalized spacial score (nSPS) is 14.7. The van der Waals surface area contributed by atoms with E-state index in [0.29, 0.717) is 19.1 Å². The van der Waals surface area contributed by atoms with Gasteiger partial charge in [-0.2, -0.15) is 0 Å². The van der Waals surface area contributed by atoms with E-state index in [2.05, 4.69) is 10.0 Å². The molecule has 1 aromatic rings. The quantitative estimate of drug-likeness (QED) is 0.557. The topological polar surface area (TPSA) is 81.6 Å². The lowest BCUT2D eigenvalue weighted by molar-refractivity contribution is 0.171. The van der Waals surface area contributed by atoms with Crippen LogP contribution in [-0.2, 0) is 17.8 Å². The largest absolute Gasteiger partial charge is 0.387 e. The lowest BCUT2D eigenvalue weighted by Crippen LogP contribution is -2.27. The van der Waals surface area contributed by atoms with E-state index in [0.717, 1.165) is 11.1 Å². The third kappa shape index (κ3) is 5.70. The van der Waals surface area contributed by atoms with Crippen molar-refractivity contribution in [1.29, 1.82) is 0 Å². The molecule has 0 aliphatic heterocycles. The minimum atomic E-state index is -2.00. The van der Waals surface area contributed by atoms with Crippen LogP contribution in [0.5, 0.6) is 0 Å².